The van der Waals surface area contributed by atoms with Crippen LogP contribution in [-0.4, -0.2) is 52.1 Å². The van der Waals surface area contributed by atoms with E-state index in [0.29, 0.717) is 12.6 Å². The van der Waals surface area contributed by atoms with E-state index in [2.05, 4.69) is 0 Å². The topological polar surface area (TPSA) is 76.1 Å². The van der Waals surface area contributed by atoms with E-state index in [1.807, 2.05) is 0 Å². The van der Waals surface area contributed by atoms with E-state index in [9.17, 15) is 18.4 Å². The van der Waals surface area contributed by atoms with Gasteiger partial charge in [-0.15, -0.1) is 0 Å². The van der Waals surface area contributed by atoms with Gasteiger partial charge in [-0.05, 0) is 69.9 Å². The predicted molar refractivity (Wildman–Crippen MR) is 144 cm³/mol. The fraction of sp³-hybridized carbons (Fsp3) is 0.517. The van der Waals surface area contributed by atoms with Gasteiger partial charge in [-0.2, -0.15) is 12.6 Å². The molecule has 4 rings (SSSR count). The van der Waals surface area contributed by atoms with Crippen molar-refractivity contribution in [2.45, 2.75) is 76.2 Å². The largest absolute Gasteiger partial charge is 0.489 e. The standard InChI is InChI=1S/C29H34F3NO5S/c1-28(2,3)38-27(36)33-12-5-9-29(10-11-29)26(39)22(33)14-17-6-4-7-19(24(17)32)20-15-18(30)16-21(31)25(20)37-13-8-23(34)35/h4,6-7,15-16,22,26,39H,5,8-14H2,1-3H3,(H,34,35)/t22-,26?/m0/s1. The molecule has 1 saturated carbocycles. The lowest BCUT2D eigenvalue weighted by molar-refractivity contribution is -0.137. The first-order chi connectivity index (χ1) is 18.3. The predicted octanol–water partition coefficient (Wildman–Crippen LogP) is 6.65. The summed E-state index contributed by atoms with van der Waals surface area (Å²) in [7, 11) is 0. The van der Waals surface area contributed by atoms with Gasteiger partial charge in [0.2, 0.25) is 0 Å². The molecule has 1 aliphatic heterocycles. The van der Waals surface area contributed by atoms with Crippen LogP contribution in [0.3, 0.4) is 0 Å². The molecule has 39 heavy (non-hydrogen) atoms. The Balaban J connectivity index is 1.70. The Bertz CT molecular complexity index is 1240. The number of likely N-dealkylation sites (tertiary alicyclic amines) is 1. The minimum absolute atomic E-state index is 0.0184. The normalized spacial score (nSPS) is 20.4. The van der Waals surface area contributed by atoms with Crippen LogP contribution >= 0.6 is 12.6 Å². The average molecular weight is 566 g/mol. The number of halogens is 3. The van der Waals surface area contributed by atoms with Crippen LogP contribution < -0.4 is 4.74 Å². The lowest BCUT2D eigenvalue weighted by atomic mass is 9.89. The maximum atomic E-state index is 16.1. The highest BCUT2D eigenvalue weighted by atomic mass is 32.1. The molecule has 2 fully saturated rings. The van der Waals surface area contributed by atoms with E-state index in [-0.39, 0.29) is 40.4 Å². The van der Waals surface area contributed by atoms with Gasteiger partial charge in [-0.25, -0.2) is 18.0 Å². The van der Waals surface area contributed by atoms with Gasteiger partial charge in [0, 0.05) is 29.0 Å². The van der Waals surface area contributed by atoms with Crippen molar-refractivity contribution in [3.05, 3.63) is 53.3 Å². The zero-order valence-electron chi connectivity index (χ0n) is 22.3. The van der Waals surface area contributed by atoms with E-state index in [4.69, 9.17) is 27.2 Å². The van der Waals surface area contributed by atoms with Crippen LogP contribution in [0.5, 0.6) is 5.75 Å². The molecular formula is C29H34F3NO5S. The van der Waals surface area contributed by atoms with Gasteiger partial charge in [0.25, 0.3) is 0 Å². The molecule has 2 aliphatic rings. The van der Waals surface area contributed by atoms with Crippen molar-refractivity contribution >= 4 is 24.7 Å². The molecule has 2 aromatic rings. The molecule has 0 aromatic heterocycles. The number of hydrogen-bond acceptors (Lipinski definition) is 5. The summed E-state index contributed by atoms with van der Waals surface area (Å²) in [6.07, 6.45) is 2.91. The molecule has 1 amide bonds. The first-order valence-corrected chi connectivity index (χ1v) is 13.6. The maximum absolute atomic E-state index is 16.1. The lowest BCUT2D eigenvalue weighted by Gasteiger charge is -2.36. The number of amides is 1. The Morgan fingerprint density at radius 2 is 1.85 bits per heavy atom. The van der Waals surface area contributed by atoms with Crippen molar-refractivity contribution < 1.29 is 37.3 Å². The molecule has 6 nitrogen and oxygen atoms in total. The van der Waals surface area contributed by atoms with Gasteiger partial charge >= 0.3 is 12.1 Å². The molecule has 1 N–H and O–H groups in total. The van der Waals surface area contributed by atoms with Gasteiger partial charge in [0.05, 0.1) is 19.1 Å². The summed E-state index contributed by atoms with van der Waals surface area (Å²) >= 11 is 4.95. The summed E-state index contributed by atoms with van der Waals surface area (Å²) in [6, 6.07) is 5.64. The van der Waals surface area contributed by atoms with Gasteiger partial charge in [0.15, 0.2) is 11.6 Å². The molecule has 1 spiro atoms. The number of carboxylic acids is 1. The van der Waals surface area contributed by atoms with Gasteiger partial charge in [-0.3, -0.25) is 4.79 Å². The maximum Gasteiger partial charge on any atom is 0.410 e. The molecule has 0 bridgehead atoms. The fourth-order valence-electron chi connectivity index (χ4n) is 5.29. The second kappa shape index (κ2) is 11.3. The summed E-state index contributed by atoms with van der Waals surface area (Å²) in [5.41, 5.74) is -0.728. The summed E-state index contributed by atoms with van der Waals surface area (Å²) in [4.78, 5) is 25.7. The van der Waals surface area contributed by atoms with Crippen LogP contribution in [0.4, 0.5) is 18.0 Å². The first-order valence-electron chi connectivity index (χ1n) is 13.1. The number of hydrogen-bond donors (Lipinski definition) is 2. The van der Waals surface area contributed by atoms with Crippen molar-refractivity contribution in [3.63, 3.8) is 0 Å². The Morgan fingerprint density at radius 1 is 1.13 bits per heavy atom. The zero-order valence-corrected chi connectivity index (χ0v) is 23.2. The highest BCUT2D eigenvalue weighted by Crippen LogP contribution is 2.57. The second-order valence-electron chi connectivity index (χ2n) is 11.4. The van der Waals surface area contributed by atoms with Crippen molar-refractivity contribution in [1.29, 1.82) is 0 Å². The van der Waals surface area contributed by atoms with E-state index in [1.165, 1.54) is 6.07 Å². The first kappa shape index (κ1) is 29.1. The van der Waals surface area contributed by atoms with Crippen LogP contribution in [0.25, 0.3) is 11.1 Å². The van der Waals surface area contributed by atoms with Crippen molar-refractivity contribution in [2.24, 2.45) is 5.41 Å². The van der Waals surface area contributed by atoms with Gasteiger partial charge in [0.1, 0.15) is 17.2 Å². The Labute approximate surface area is 231 Å². The minimum Gasteiger partial charge on any atom is -0.489 e. The second-order valence-corrected chi connectivity index (χ2v) is 11.9. The Morgan fingerprint density at radius 3 is 2.49 bits per heavy atom. The fourth-order valence-corrected chi connectivity index (χ4v) is 5.94. The Hall–Kier alpha value is -2.88. The van der Waals surface area contributed by atoms with Crippen LogP contribution in [-0.2, 0) is 16.0 Å². The molecule has 2 atom stereocenters. The van der Waals surface area contributed by atoms with E-state index >= 15 is 4.39 Å². The third kappa shape index (κ3) is 6.65. The van der Waals surface area contributed by atoms with E-state index in [0.717, 1.165) is 31.7 Å². The Kier molecular flexibility index (Phi) is 8.44. The monoisotopic (exact) mass is 565 g/mol. The third-order valence-corrected chi connectivity index (χ3v) is 8.25. The molecule has 1 saturated heterocycles. The highest BCUT2D eigenvalue weighted by molar-refractivity contribution is 7.81. The van der Waals surface area contributed by atoms with Crippen LogP contribution in [0, 0.1) is 22.9 Å². The van der Waals surface area contributed by atoms with Crippen molar-refractivity contribution in [3.8, 4) is 16.9 Å². The van der Waals surface area contributed by atoms with Crippen molar-refractivity contribution in [2.75, 3.05) is 13.2 Å². The average Bonchev–Trinajstić information content (AvgIpc) is 3.63. The number of rotatable bonds is 7. The highest BCUT2D eigenvalue weighted by Gasteiger charge is 2.53. The zero-order chi connectivity index (χ0) is 28.5. The summed E-state index contributed by atoms with van der Waals surface area (Å²) in [5.74, 6) is -4.28. The van der Waals surface area contributed by atoms with Gasteiger partial charge < -0.3 is 19.5 Å². The number of ether oxygens (including phenoxy) is 2. The molecule has 212 valence electrons. The number of carbonyl (C=O) groups is 2. The molecule has 10 heteroatoms. The summed E-state index contributed by atoms with van der Waals surface area (Å²) in [5, 5.41) is 8.69. The quantitative estimate of drug-likeness (QED) is 0.368. The SMILES string of the molecule is CC(C)(C)OC(=O)N1CCCC2(CC2)C(S)[C@@H]1Cc1cccc(-c2cc(F)cc(F)c2OCCC(=O)O)c1F. The van der Waals surface area contributed by atoms with Crippen LogP contribution in [0.15, 0.2) is 30.3 Å². The van der Waals surface area contributed by atoms with Crippen LogP contribution in [0.1, 0.15) is 58.4 Å². The smallest absolute Gasteiger partial charge is 0.410 e. The molecule has 0 radical (unpaired) electrons. The third-order valence-electron chi connectivity index (χ3n) is 7.35. The molecular weight excluding hydrogens is 531 g/mol. The number of benzene rings is 2. The number of carbonyl (C=O) groups excluding carboxylic acids is 1. The van der Waals surface area contributed by atoms with Crippen molar-refractivity contribution in [1.82, 2.24) is 4.90 Å². The van der Waals surface area contributed by atoms with E-state index in [1.54, 1.807) is 37.8 Å². The van der Waals surface area contributed by atoms with Gasteiger partial charge in [-0.1, -0.05) is 18.2 Å². The molecule has 1 heterocycles. The molecule has 1 aliphatic carbocycles. The minimum atomic E-state index is -1.15. The van der Waals surface area contributed by atoms with E-state index < -0.39 is 53.3 Å². The lowest BCUT2D eigenvalue weighted by Crippen LogP contribution is -2.49. The summed E-state index contributed by atoms with van der Waals surface area (Å²) < 4.78 is 56.0. The van der Waals surface area contributed by atoms with Crippen LogP contribution in [0.2, 0.25) is 0 Å². The number of aliphatic carboxylic acids is 1. The molecule has 2 aromatic carbocycles. The number of thiol groups is 1. The number of nitrogens with zero attached hydrogens (tertiary/aromatic N) is 1. The molecule has 1 unspecified atom stereocenters. The summed E-state index contributed by atoms with van der Waals surface area (Å²) in [6.45, 7) is 5.44. The number of carboxylic acid groups (broad SMARTS) is 1.